The van der Waals surface area contributed by atoms with Gasteiger partial charge in [-0.2, -0.15) is 5.10 Å². The summed E-state index contributed by atoms with van der Waals surface area (Å²) in [5.41, 5.74) is 4.54. The van der Waals surface area contributed by atoms with E-state index in [1.54, 1.807) is 24.7 Å². The third kappa shape index (κ3) is 3.77. The van der Waals surface area contributed by atoms with Gasteiger partial charge in [0.05, 0.1) is 12.2 Å². The van der Waals surface area contributed by atoms with Crippen LogP contribution in [0.1, 0.15) is 24.1 Å². The molecule has 3 aromatic rings. The van der Waals surface area contributed by atoms with E-state index in [0.717, 1.165) is 36.9 Å². The minimum absolute atomic E-state index is 0.171. The van der Waals surface area contributed by atoms with Gasteiger partial charge >= 0.3 is 0 Å². The highest BCUT2D eigenvalue weighted by molar-refractivity contribution is 7.89. The maximum Gasteiger partial charge on any atom is 0.242 e. The first-order valence-corrected chi connectivity index (χ1v) is 10.5. The Morgan fingerprint density at radius 2 is 1.85 bits per heavy atom. The first-order valence-electron chi connectivity index (χ1n) is 9.04. The second-order valence-corrected chi connectivity index (χ2v) is 8.29. The molecule has 1 aliphatic rings. The van der Waals surface area contributed by atoms with Crippen LogP contribution in [0.15, 0.2) is 53.9 Å². The van der Waals surface area contributed by atoms with Gasteiger partial charge in [-0.15, -0.1) is 0 Å². The van der Waals surface area contributed by atoms with Gasteiger partial charge in [0.2, 0.25) is 10.0 Å². The van der Waals surface area contributed by atoms with Crippen LogP contribution in [0, 0.1) is 0 Å². The summed E-state index contributed by atoms with van der Waals surface area (Å²) in [6, 6.07) is 7.07. The Morgan fingerprint density at radius 3 is 2.63 bits per heavy atom. The maximum absolute atomic E-state index is 12.4. The van der Waals surface area contributed by atoms with Gasteiger partial charge in [0.1, 0.15) is 4.90 Å². The number of nitrogens with one attached hydrogen (secondary N) is 1. The van der Waals surface area contributed by atoms with Crippen LogP contribution < -0.4 is 4.72 Å². The normalized spacial score (nSPS) is 14.1. The molecule has 1 N–H and O–H groups in total. The summed E-state index contributed by atoms with van der Waals surface area (Å²) in [5.74, 6) is 0. The molecule has 7 nitrogen and oxygen atoms in total. The summed E-state index contributed by atoms with van der Waals surface area (Å²) in [6.07, 6.45) is 10.7. The van der Waals surface area contributed by atoms with Gasteiger partial charge in [0, 0.05) is 48.2 Å². The molecule has 4 rings (SSSR count). The van der Waals surface area contributed by atoms with E-state index in [0.29, 0.717) is 6.54 Å². The molecule has 3 heterocycles. The highest BCUT2D eigenvalue weighted by atomic mass is 32.2. The minimum atomic E-state index is -3.56. The molecule has 140 valence electrons. The monoisotopic (exact) mass is 383 g/mol. The Morgan fingerprint density at radius 1 is 1.04 bits per heavy atom. The summed E-state index contributed by atoms with van der Waals surface area (Å²) < 4.78 is 29.3. The lowest BCUT2D eigenvalue weighted by atomic mass is 9.94. The van der Waals surface area contributed by atoms with Crippen LogP contribution in [-0.2, 0) is 29.4 Å². The lowest BCUT2D eigenvalue weighted by Gasteiger charge is -2.14. The fraction of sp³-hybridized carbons (Fsp3) is 0.316. The van der Waals surface area contributed by atoms with Gasteiger partial charge < -0.3 is 0 Å². The molecule has 0 atom stereocenters. The Balaban J connectivity index is 1.54. The first-order chi connectivity index (χ1) is 13.1. The second kappa shape index (κ2) is 7.58. The zero-order valence-corrected chi connectivity index (χ0v) is 15.7. The minimum Gasteiger partial charge on any atom is -0.267 e. The van der Waals surface area contributed by atoms with Crippen molar-refractivity contribution >= 4 is 10.0 Å². The highest BCUT2D eigenvalue weighted by Gasteiger charge is 2.22. The van der Waals surface area contributed by atoms with Crippen molar-refractivity contribution in [3.8, 4) is 11.3 Å². The molecule has 0 unspecified atom stereocenters. The lowest BCUT2D eigenvalue weighted by molar-refractivity contribution is 0.538. The average molecular weight is 383 g/mol. The van der Waals surface area contributed by atoms with Crippen molar-refractivity contribution in [2.45, 2.75) is 37.1 Å². The predicted molar refractivity (Wildman–Crippen MR) is 102 cm³/mol. The molecule has 0 radical (unpaired) electrons. The van der Waals surface area contributed by atoms with Crippen molar-refractivity contribution in [2.24, 2.45) is 0 Å². The fourth-order valence-corrected chi connectivity index (χ4v) is 4.46. The number of hydrogen-bond acceptors (Lipinski definition) is 5. The summed E-state index contributed by atoms with van der Waals surface area (Å²) in [7, 11) is -3.56. The number of nitrogens with zero attached hydrogens (tertiary/aromatic N) is 4. The van der Waals surface area contributed by atoms with E-state index in [1.165, 1.54) is 23.5 Å². The SMILES string of the molecule is O=S(=O)(NCCn1nc(-c2ccncc2)c2c1CCCC2)c1cccnc1. The van der Waals surface area contributed by atoms with Gasteiger partial charge in [-0.25, -0.2) is 13.1 Å². The summed E-state index contributed by atoms with van der Waals surface area (Å²) in [5, 5.41) is 4.80. The van der Waals surface area contributed by atoms with Crippen LogP contribution in [0.25, 0.3) is 11.3 Å². The molecule has 0 amide bonds. The third-order valence-corrected chi connectivity index (χ3v) is 6.22. The number of pyridine rings is 2. The highest BCUT2D eigenvalue weighted by Crippen LogP contribution is 2.30. The van der Waals surface area contributed by atoms with Gasteiger partial charge in [-0.1, -0.05) is 0 Å². The van der Waals surface area contributed by atoms with Crippen molar-refractivity contribution in [3.63, 3.8) is 0 Å². The summed E-state index contributed by atoms with van der Waals surface area (Å²) >= 11 is 0. The van der Waals surface area contributed by atoms with E-state index in [-0.39, 0.29) is 11.4 Å². The van der Waals surface area contributed by atoms with Crippen LogP contribution in [0.4, 0.5) is 0 Å². The summed E-state index contributed by atoms with van der Waals surface area (Å²) in [6.45, 7) is 0.772. The molecule has 0 aromatic carbocycles. The van der Waals surface area contributed by atoms with E-state index in [4.69, 9.17) is 5.10 Å². The second-order valence-electron chi connectivity index (χ2n) is 6.53. The van der Waals surface area contributed by atoms with Crippen LogP contribution in [0.2, 0.25) is 0 Å². The molecule has 8 heteroatoms. The smallest absolute Gasteiger partial charge is 0.242 e. The van der Waals surface area contributed by atoms with Crippen LogP contribution in [-0.4, -0.2) is 34.7 Å². The van der Waals surface area contributed by atoms with Crippen molar-refractivity contribution in [3.05, 3.63) is 60.3 Å². The number of fused-ring (bicyclic) bond motifs is 1. The largest absolute Gasteiger partial charge is 0.267 e. The topological polar surface area (TPSA) is 89.8 Å². The van der Waals surface area contributed by atoms with Gasteiger partial charge in [0.25, 0.3) is 0 Å². The maximum atomic E-state index is 12.4. The number of rotatable bonds is 6. The number of aromatic nitrogens is 4. The zero-order valence-electron chi connectivity index (χ0n) is 14.9. The van der Waals surface area contributed by atoms with Crippen molar-refractivity contribution < 1.29 is 8.42 Å². The van der Waals surface area contributed by atoms with Crippen molar-refractivity contribution in [1.82, 2.24) is 24.5 Å². The Kier molecular flexibility index (Phi) is 5.00. The molecule has 0 spiro atoms. The number of hydrogen-bond donors (Lipinski definition) is 1. The van der Waals surface area contributed by atoms with E-state index in [1.807, 2.05) is 16.8 Å². The fourth-order valence-electron chi connectivity index (χ4n) is 3.47. The molecule has 0 fully saturated rings. The van der Waals surface area contributed by atoms with Crippen LogP contribution >= 0.6 is 0 Å². The molecule has 3 aromatic heterocycles. The van der Waals surface area contributed by atoms with E-state index >= 15 is 0 Å². The molecular weight excluding hydrogens is 362 g/mol. The standard InChI is InChI=1S/C19H21N5O2S/c25-27(26,16-4-3-9-21-14-16)22-12-13-24-18-6-2-1-5-17(18)19(23-24)15-7-10-20-11-8-15/h3-4,7-11,14,22H,1-2,5-6,12-13H2. The molecule has 1 aliphatic carbocycles. The van der Waals surface area contributed by atoms with Gasteiger partial charge in [0.15, 0.2) is 0 Å². The summed E-state index contributed by atoms with van der Waals surface area (Å²) in [4.78, 5) is 8.12. The average Bonchev–Trinajstić information content (AvgIpc) is 3.08. The molecule has 0 aliphatic heterocycles. The lowest BCUT2D eigenvalue weighted by Crippen LogP contribution is -2.28. The Hall–Kier alpha value is -2.58. The van der Waals surface area contributed by atoms with Crippen LogP contribution in [0.5, 0.6) is 0 Å². The first kappa shape index (κ1) is 17.8. The van der Waals surface area contributed by atoms with Gasteiger partial charge in [-0.3, -0.25) is 14.6 Å². The molecule has 0 saturated carbocycles. The van der Waals surface area contributed by atoms with E-state index < -0.39 is 10.0 Å². The number of sulfonamides is 1. The van der Waals surface area contributed by atoms with Crippen LogP contribution in [0.3, 0.4) is 0 Å². The Bertz CT molecular complexity index is 1020. The quantitative estimate of drug-likeness (QED) is 0.705. The molecule has 0 bridgehead atoms. The van der Waals surface area contributed by atoms with E-state index in [9.17, 15) is 8.42 Å². The van der Waals surface area contributed by atoms with Crippen molar-refractivity contribution in [1.29, 1.82) is 0 Å². The Labute approximate surface area is 158 Å². The van der Waals surface area contributed by atoms with Crippen molar-refractivity contribution in [2.75, 3.05) is 6.54 Å². The molecule has 0 saturated heterocycles. The predicted octanol–water partition coefficient (Wildman–Crippen LogP) is 2.20. The molecular formula is C19H21N5O2S. The zero-order chi connectivity index (χ0) is 18.7. The third-order valence-electron chi connectivity index (χ3n) is 4.77. The van der Waals surface area contributed by atoms with E-state index in [2.05, 4.69) is 14.7 Å². The molecule has 27 heavy (non-hydrogen) atoms. The van der Waals surface area contributed by atoms with Gasteiger partial charge in [-0.05, 0) is 49.9 Å².